The molecule has 116 valence electrons. The molecule has 0 saturated heterocycles. The van der Waals surface area contributed by atoms with Crippen LogP contribution in [-0.4, -0.2) is 36.8 Å². The normalized spacial score (nSPS) is 11.7. The lowest BCUT2D eigenvalue weighted by molar-refractivity contribution is 0.360. The molecule has 1 aromatic rings. The van der Waals surface area contributed by atoms with Crippen LogP contribution < -0.4 is 5.32 Å². The average Bonchev–Trinajstić information content (AvgIpc) is 2.40. The molecule has 21 heavy (non-hydrogen) atoms. The Labute approximate surface area is 134 Å². The van der Waals surface area contributed by atoms with Gasteiger partial charge in [0.05, 0.1) is 6.07 Å². The van der Waals surface area contributed by atoms with Crippen molar-refractivity contribution in [3.05, 3.63) is 16.7 Å². The summed E-state index contributed by atoms with van der Waals surface area (Å²) in [4.78, 5) is 4.24. The van der Waals surface area contributed by atoms with Crippen LogP contribution in [0.25, 0.3) is 0 Å². The monoisotopic (exact) mass is 374 g/mol. The van der Waals surface area contributed by atoms with Crippen LogP contribution in [-0.2, 0) is 10.0 Å². The van der Waals surface area contributed by atoms with Gasteiger partial charge >= 0.3 is 0 Å². The van der Waals surface area contributed by atoms with E-state index in [-0.39, 0.29) is 23.9 Å². The van der Waals surface area contributed by atoms with E-state index in [4.69, 9.17) is 5.26 Å². The quantitative estimate of drug-likeness (QED) is 0.792. The Hall–Kier alpha value is -1.17. The van der Waals surface area contributed by atoms with E-state index in [1.807, 2.05) is 13.0 Å². The fourth-order valence-electron chi connectivity index (χ4n) is 1.86. The fourth-order valence-corrected chi connectivity index (χ4v) is 4.13. The predicted octanol–water partition coefficient (Wildman–Crippen LogP) is 2.59. The first-order chi connectivity index (χ1) is 9.84. The molecule has 0 atom stereocenters. The maximum absolute atomic E-state index is 12.8. The number of anilines is 1. The van der Waals surface area contributed by atoms with Gasteiger partial charge in [-0.1, -0.05) is 0 Å². The summed E-state index contributed by atoms with van der Waals surface area (Å²) in [6.45, 7) is 6.17. The molecule has 0 aliphatic heterocycles. The van der Waals surface area contributed by atoms with E-state index in [1.165, 1.54) is 10.4 Å². The zero-order valence-electron chi connectivity index (χ0n) is 12.3. The van der Waals surface area contributed by atoms with Crippen molar-refractivity contribution in [2.75, 3.05) is 18.4 Å². The number of hydrogen-bond acceptors (Lipinski definition) is 5. The lowest BCUT2D eigenvalue weighted by atomic mass is 10.3. The lowest BCUT2D eigenvalue weighted by Crippen LogP contribution is -2.38. The second kappa shape index (κ2) is 7.73. The zero-order valence-corrected chi connectivity index (χ0v) is 14.7. The minimum absolute atomic E-state index is 0.116. The minimum atomic E-state index is -3.72. The Balaban J connectivity index is 3.33. The summed E-state index contributed by atoms with van der Waals surface area (Å²) in [6.07, 6.45) is 1.70. The molecule has 1 N–H and O–H groups in total. The smallest absolute Gasteiger partial charge is 0.247 e. The minimum Gasteiger partial charge on any atom is -0.369 e. The van der Waals surface area contributed by atoms with E-state index >= 15 is 0 Å². The summed E-state index contributed by atoms with van der Waals surface area (Å²) in [7, 11) is -3.72. The molecule has 0 aliphatic rings. The number of pyridine rings is 1. The van der Waals surface area contributed by atoms with E-state index in [0.29, 0.717) is 16.8 Å². The molecule has 0 saturated carbocycles. The largest absolute Gasteiger partial charge is 0.369 e. The van der Waals surface area contributed by atoms with Crippen molar-refractivity contribution in [3.63, 3.8) is 0 Å². The molecule has 6 nitrogen and oxygen atoms in total. The summed E-state index contributed by atoms with van der Waals surface area (Å²) in [5.41, 5.74) is 0. The number of hydrogen-bond donors (Lipinski definition) is 1. The maximum Gasteiger partial charge on any atom is 0.247 e. The van der Waals surface area contributed by atoms with Crippen molar-refractivity contribution in [3.8, 4) is 6.07 Å². The van der Waals surface area contributed by atoms with Crippen molar-refractivity contribution in [1.82, 2.24) is 9.29 Å². The van der Waals surface area contributed by atoms with Gasteiger partial charge in [0.25, 0.3) is 0 Å². The van der Waals surface area contributed by atoms with Crippen LogP contribution in [0.5, 0.6) is 0 Å². The summed E-state index contributed by atoms with van der Waals surface area (Å²) in [6, 6.07) is 3.27. The molecule has 0 amide bonds. The number of nitriles is 1. The van der Waals surface area contributed by atoms with Gasteiger partial charge < -0.3 is 5.32 Å². The van der Waals surface area contributed by atoms with E-state index in [2.05, 4.69) is 26.2 Å². The number of aromatic nitrogens is 1. The molecule has 0 radical (unpaired) electrons. The lowest BCUT2D eigenvalue weighted by Gasteiger charge is -2.26. The van der Waals surface area contributed by atoms with Crippen LogP contribution in [0.1, 0.15) is 27.2 Å². The first kappa shape index (κ1) is 17.9. The molecule has 1 aromatic heterocycles. The maximum atomic E-state index is 12.8. The first-order valence-electron chi connectivity index (χ1n) is 6.62. The Morgan fingerprint density at radius 2 is 2.19 bits per heavy atom. The van der Waals surface area contributed by atoms with Crippen LogP contribution in [0.2, 0.25) is 0 Å². The molecule has 0 spiro atoms. The zero-order chi connectivity index (χ0) is 16.0. The van der Waals surface area contributed by atoms with E-state index in [0.717, 1.165) is 0 Å². The van der Waals surface area contributed by atoms with E-state index in [1.54, 1.807) is 20.0 Å². The van der Waals surface area contributed by atoms with Crippen LogP contribution in [0, 0.1) is 11.3 Å². The average molecular weight is 375 g/mol. The molecule has 0 aliphatic carbocycles. The third-order valence-electron chi connectivity index (χ3n) is 2.77. The molecule has 1 heterocycles. The number of halogens is 1. The molecule has 0 aromatic carbocycles. The summed E-state index contributed by atoms with van der Waals surface area (Å²) >= 11 is 3.25. The first-order valence-corrected chi connectivity index (χ1v) is 8.86. The second-order valence-electron chi connectivity index (χ2n) is 4.65. The van der Waals surface area contributed by atoms with Crippen molar-refractivity contribution < 1.29 is 8.42 Å². The molecule has 0 fully saturated rings. The SMILES string of the molecule is CCNc1ncc(Br)cc1S(=O)(=O)N(CCC#N)C(C)C. The van der Waals surface area contributed by atoms with E-state index in [9.17, 15) is 8.42 Å². The van der Waals surface area contributed by atoms with Gasteiger partial charge in [0, 0.05) is 36.2 Å². The Bertz CT molecular complexity index is 626. The second-order valence-corrected chi connectivity index (χ2v) is 7.42. The Kier molecular flexibility index (Phi) is 6.58. The molecule has 1 rings (SSSR count). The van der Waals surface area contributed by atoms with Crippen molar-refractivity contribution in [2.24, 2.45) is 0 Å². The number of rotatable bonds is 7. The summed E-state index contributed by atoms with van der Waals surface area (Å²) in [5.74, 6) is 0.323. The predicted molar refractivity (Wildman–Crippen MR) is 85.4 cm³/mol. The van der Waals surface area contributed by atoms with Gasteiger partial charge in [-0.25, -0.2) is 13.4 Å². The molecule has 8 heteroatoms. The molecule has 0 bridgehead atoms. The number of nitrogens with zero attached hydrogens (tertiary/aromatic N) is 3. The fraction of sp³-hybridized carbons (Fsp3) is 0.538. The third kappa shape index (κ3) is 4.40. The van der Waals surface area contributed by atoms with Crippen molar-refractivity contribution >= 4 is 31.8 Å². The van der Waals surface area contributed by atoms with Gasteiger partial charge in [0.1, 0.15) is 10.7 Å². The molecular formula is C13H19BrN4O2S. The molecule has 0 unspecified atom stereocenters. The highest BCUT2D eigenvalue weighted by Gasteiger charge is 2.29. The topological polar surface area (TPSA) is 86.1 Å². The van der Waals surface area contributed by atoms with Crippen LogP contribution >= 0.6 is 15.9 Å². The van der Waals surface area contributed by atoms with Gasteiger partial charge in [-0.2, -0.15) is 9.57 Å². The van der Waals surface area contributed by atoms with Crippen molar-refractivity contribution in [1.29, 1.82) is 5.26 Å². The highest BCUT2D eigenvalue weighted by atomic mass is 79.9. The van der Waals surface area contributed by atoms with Crippen molar-refractivity contribution in [2.45, 2.75) is 38.1 Å². The van der Waals surface area contributed by atoms with Gasteiger partial charge in [0.2, 0.25) is 10.0 Å². The van der Waals surface area contributed by atoms with Gasteiger partial charge in [-0.05, 0) is 42.8 Å². The van der Waals surface area contributed by atoms with Gasteiger partial charge in [-0.15, -0.1) is 0 Å². The Morgan fingerprint density at radius 1 is 1.52 bits per heavy atom. The highest BCUT2D eigenvalue weighted by Crippen LogP contribution is 2.27. The van der Waals surface area contributed by atoms with E-state index < -0.39 is 10.0 Å². The highest BCUT2D eigenvalue weighted by molar-refractivity contribution is 9.10. The number of nitrogens with one attached hydrogen (secondary N) is 1. The van der Waals surface area contributed by atoms with Gasteiger partial charge in [-0.3, -0.25) is 0 Å². The standard InChI is InChI=1S/C13H19BrN4O2S/c1-4-16-13-12(8-11(14)9-17-13)21(19,20)18(10(2)3)7-5-6-15/h8-10H,4-5,7H2,1-3H3,(H,16,17). The summed E-state index contributed by atoms with van der Waals surface area (Å²) < 4.78 is 27.6. The number of sulfonamides is 1. The Morgan fingerprint density at radius 3 is 2.71 bits per heavy atom. The van der Waals surface area contributed by atoms with Crippen LogP contribution in [0.4, 0.5) is 5.82 Å². The van der Waals surface area contributed by atoms with Crippen LogP contribution in [0.3, 0.4) is 0 Å². The summed E-state index contributed by atoms with van der Waals surface area (Å²) in [5, 5.41) is 11.7. The molecular weight excluding hydrogens is 356 g/mol. The van der Waals surface area contributed by atoms with Gasteiger partial charge in [0.15, 0.2) is 0 Å². The van der Waals surface area contributed by atoms with Crippen LogP contribution in [0.15, 0.2) is 21.6 Å². The third-order valence-corrected chi connectivity index (χ3v) is 5.29.